The Kier molecular flexibility index (Phi) is 22.3. The Morgan fingerprint density at radius 3 is 0.842 bits per heavy atom. The Morgan fingerprint density at radius 2 is 0.842 bits per heavy atom. The van der Waals surface area contributed by atoms with E-state index in [2.05, 4.69) is 42.3 Å². The summed E-state index contributed by atoms with van der Waals surface area (Å²) >= 11 is 0. The quantitative estimate of drug-likeness (QED) is 0.505. The number of hydrogen-bond acceptors (Lipinski definition) is 2. The van der Waals surface area contributed by atoms with E-state index in [-0.39, 0.29) is 42.5 Å². The SMILES string of the molecule is CC(O)C[N+](C)(C)C.CC(O)C[N+](C)(C)C.O.[Cl-].[Cl-]. The van der Waals surface area contributed by atoms with E-state index < -0.39 is 0 Å². The van der Waals surface area contributed by atoms with Crippen LogP contribution in [0.3, 0.4) is 0 Å². The Labute approximate surface area is 131 Å². The molecule has 0 spiro atoms. The van der Waals surface area contributed by atoms with Gasteiger partial charge in [0.25, 0.3) is 0 Å². The molecule has 0 aromatic carbocycles. The largest absolute Gasteiger partial charge is 1.00 e. The molecular weight excluding hydrogens is 291 g/mol. The van der Waals surface area contributed by atoms with E-state index in [0.717, 1.165) is 22.1 Å². The zero-order chi connectivity index (χ0) is 13.6. The minimum absolute atomic E-state index is 0. The minimum atomic E-state index is -0.185. The van der Waals surface area contributed by atoms with Crippen molar-refractivity contribution in [1.29, 1.82) is 0 Å². The van der Waals surface area contributed by atoms with Gasteiger partial charge in [-0.15, -0.1) is 0 Å². The first-order valence-electron chi connectivity index (χ1n) is 5.80. The normalized spacial score (nSPS) is 13.6. The highest BCUT2D eigenvalue weighted by molar-refractivity contribution is 4.39. The van der Waals surface area contributed by atoms with Crippen LogP contribution >= 0.6 is 0 Å². The van der Waals surface area contributed by atoms with Crippen LogP contribution in [0.2, 0.25) is 0 Å². The van der Waals surface area contributed by atoms with Crippen molar-refractivity contribution in [3.05, 3.63) is 0 Å². The molecule has 0 bridgehead atoms. The van der Waals surface area contributed by atoms with E-state index in [4.69, 9.17) is 10.2 Å². The molecule has 7 heteroatoms. The lowest BCUT2D eigenvalue weighted by molar-refractivity contribution is -0.873. The van der Waals surface area contributed by atoms with Crippen LogP contribution in [-0.4, -0.2) is 92.2 Å². The highest BCUT2D eigenvalue weighted by atomic mass is 35.5. The molecule has 0 aromatic heterocycles. The standard InChI is InChI=1S/2C6H16NO.2ClH.H2O/c2*1-6(8)5-7(2,3)4;;;/h2*6,8H,5H2,1-4H3;2*1H;1H2/q2*+1;;;/p-2. The third-order valence-corrected chi connectivity index (χ3v) is 1.62. The molecule has 2 unspecified atom stereocenters. The molecule has 19 heavy (non-hydrogen) atoms. The van der Waals surface area contributed by atoms with Gasteiger partial charge in [-0.05, 0) is 13.8 Å². The number of hydrogen-bond donors (Lipinski definition) is 2. The van der Waals surface area contributed by atoms with Crippen molar-refractivity contribution in [3.63, 3.8) is 0 Å². The molecule has 0 saturated carbocycles. The summed E-state index contributed by atoms with van der Waals surface area (Å²) in [6.07, 6.45) is -0.370. The van der Waals surface area contributed by atoms with Gasteiger partial charge in [0.15, 0.2) is 0 Å². The summed E-state index contributed by atoms with van der Waals surface area (Å²) in [7, 11) is 12.4. The summed E-state index contributed by atoms with van der Waals surface area (Å²) < 4.78 is 1.66. The highest BCUT2D eigenvalue weighted by Crippen LogP contribution is 1.92. The number of likely N-dealkylation sites (N-methyl/N-ethyl adjacent to an activating group) is 2. The second kappa shape index (κ2) is 13.4. The molecule has 0 fully saturated rings. The summed E-state index contributed by atoms with van der Waals surface area (Å²) in [6.45, 7) is 5.26. The van der Waals surface area contributed by atoms with Gasteiger partial charge in [-0.1, -0.05) is 0 Å². The summed E-state index contributed by atoms with van der Waals surface area (Å²) in [5.41, 5.74) is 0. The zero-order valence-electron chi connectivity index (χ0n) is 13.6. The second-order valence-electron chi connectivity index (χ2n) is 6.64. The molecule has 0 aromatic rings. The summed E-state index contributed by atoms with van der Waals surface area (Å²) in [6, 6.07) is 0. The number of aliphatic hydroxyl groups excluding tert-OH is 2. The molecule has 124 valence electrons. The molecule has 0 saturated heterocycles. The van der Waals surface area contributed by atoms with Gasteiger partial charge in [0.1, 0.15) is 25.3 Å². The molecule has 0 radical (unpaired) electrons. The fourth-order valence-electron chi connectivity index (χ4n) is 1.59. The van der Waals surface area contributed by atoms with Crippen molar-refractivity contribution in [2.45, 2.75) is 26.1 Å². The summed E-state index contributed by atoms with van der Waals surface area (Å²) in [5.74, 6) is 0. The molecule has 0 amide bonds. The van der Waals surface area contributed by atoms with Gasteiger partial charge in [0.05, 0.1) is 42.3 Å². The lowest BCUT2D eigenvalue weighted by Crippen LogP contribution is -3.00. The van der Waals surface area contributed by atoms with Crippen molar-refractivity contribution in [2.24, 2.45) is 0 Å². The van der Waals surface area contributed by atoms with Crippen LogP contribution in [0.25, 0.3) is 0 Å². The molecule has 0 aliphatic heterocycles. The van der Waals surface area contributed by atoms with Crippen LogP contribution < -0.4 is 24.8 Å². The number of rotatable bonds is 4. The first-order chi connectivity index (χ1) is 6.83. The van der Waals surface area contributed by atoms with Crippen molar-refractivity contribution in [2.75, 3.05) is 55.4 Å². The van der Waals surface area contributed by atoms with Crippen LogP contribution in [0, 0.1) is 0 Å². The molecule has 0 aliphatic carbocycles. The van der Waals surface area contributed by atoms with Gasteiger partial charge in [-0.3, -0.25) is 0 Å². The average molecular weight is 325 g/mol. The number of quaternary nitrogens is 2. The van der Waals surface area contributed by atoms with E-state index in [1.165, 1.54) is 0 Å². The fourth-order valence-corrected chi connectivity index (χ4v) is 1.59. The van der Waals surface area contributed by atoms with E-state index in [1.54, 1.807) is 0 Å². The number of nitrogens with zero attached hydrogens (tertiary/aromatic N) is 2. The van der Waals surface area contributed by atoms with Gasteiger partial charge < -0.3 is 49.5 Å². The third kappa shape index (κ3) is 45.8. The summed E-state index contributed by atoms with van der Waals surface area (Å²) in [5, 5.41) is 17.7. The monoisotopic (exact) mass is 324 g/mol. The second-order valence-corrected chi connectivity index (χ2v) is 6.64. The lowest BCUT2D eigenvalue weighted by atomic mass is 10.3. The Balaban J connectivity index is -0.0000000594. The maximum absolute atomic E-state index is 8.87. The highest BCUT2D eigenvalue weighted by Gasteiger charge is 2.10. The van der Waals surface area contributed by atoms with Gasteiger partial charge in [-0.2, -0.15) is 0 Å². The average Bonchev–Trinajstić information content (AvgIpc) is 1.72. The van der Waals surface area contributed by atoms with Crippen molar-refractivity contribution < 1.29 is 49.5 Å². The Hall–Kier alpha value is 0.380. The van der Waals surface area contributed by atoms with E-state index in [9.17, 15) is 0 Å². The molecular formula is C12H34Cl2N2O3. The van der Waals surface area contributed by atoms with Gasteiger partial charge in [0.2, 0.25) is 0 Å². The van der Waals surface area contributed by atoms with Gasteiger partial charge in [-0.25, -0.2) is 0 Å². The fraction of sp³-hybridized carbons (Fsp3) is 1.00. The first-order valence-corrected chi connectivity index (χ1v) is 5.80. The predicted octanol–water partition coefficient (Wildman–Crippen LogP) is -6.67. The van der Waals surface area contributed by atoms with Crippen molar-refractivity contribution in [1.82, 2.24) is 0 Å². The van der Waals surface area contributed by atoms with Gasteiger partial charge in [0, 0.05) is 0 Å². The number of aliphatic hydroxyl groups is 2. The minimum Gasteiger partial charge on any atom is -1.00 e. The third-order valence-electron chi connectivity index (χ3n) is 1.62. The smallest absolute Gasteiger partial charge is 0.104 e. The molecule has 0 rings (SSSR count). The van der Waals surface area contributed by atoms with Crippen molar-refractivity contribution >= 4 is 0 Å². The molecule has 2 atom stereocenters. The van der Waals surface area contributed by atoms with Crippen molar-refractivity contribution in [3.8, 4) is 0 Å². The van der Waals surface area contributed by atoms with Crippen LogP contribution in [0.4, 0.5) is 0 Å². The molecule has 0 aliphatic rings. The van der Waals surface area contributed by atoms with E-state index in [1.807, 2.05) is 13.8 Å². The van der Waals surface area contributed by atoms with E-state index in [0.29, 0.717) is 0 Å². The van der Waals surface area contributed by atoms with Crippen LogP contribution in [0.1, 0.15) is 13.8 Å². The Bertz CT molecular complexity index is 159. The van der Waals surface area contributed by atoms with Crippen LogP contribution in [0.5, 0.6) is 0 Å². The molecule has 5 nitrogen and oxygen atoms in total. The Morgan fingerprint density at radius 1 is 0.684 bits per heavy atom. The lowest BCUT2D eigenvalue weighted by Gasteiger charge is -2.24. The topological polar surface area (TPSA) is 72.0 Å². The van der Waals surface area contributed by atoms with E-state index >= 15 is 0 Å². The van der Waals surface area contributed by atoms with Crippen LogP contribution in [0.15, 0.2) is 0 Å². The number of halogens is 2. The first kappa shape index (κ1) is 31.7. The maximum Gasteiger partial charge on any atom is 0.104 e. The maximum atomic E-state index is 8.87. The summed E-state index contributed by atoms with van der Waals surface area (Å²) in [4.78, 5) is 0. The van der Waals surface area contributed by atoms with Gasteiger partial charge >= 0.3 is 0 Å². The van der Waals surface area contributed by atoms with Crippen LogP contribution in [-0.2, 0) is 0 Å². The zero-order valence-corrected chi connectivity index (χ0v) is 15.1. The molecule has 0 heterocycles. The predicted molar refractivity (Wildman–Crippen MR) is 72.8 cm³/mol. The molecule has 4 N–H and O–H groups in total.